The van der Waals surface area contributed by atoms with Crippen LogP contribution >= 0.6 is 11.8 Å². The van der Waals surface area contributed by atoms with Crippen molar-refractivity contribution in [1.82, 2.24) is 10.3 Å². The molecule has 0 saturated carbocycles. The number of pyridine rings is 1. The van der Waals surface area contributed by atoms with Crippen LogP contribution in [0.5, 0.6) is 0 Å². The van der Waals surface area contributed by atoms with Gasteiger partial charge in [0.05, 0.1) is 9.82 Å². The van der Waals surface area contributed by atoms with Crippen molar-refractivity contribution < 1.29 is 4.92 Å². The van der Waals surface area contributed by atoms with Crippen LogP contribution in [0.25, 0.3) is 0 Å². The van der Waals surface area contributed by atoms with Gasteiger partial charge in [0.2, 0.25) is 0 Å². The van der Waals surface area contributed by atoms with Crippen molar-refractivity contribution in [2.24, 2.45) is 0 Å². The van der Waals surface area contributed by atoms with Gasteiger partial charge in [-0.15, -0.1) is 0 Å². The Hall–Kier alpha value is -1.92. The standard InChI is InChI=1S/C15H17N3O2S/c1-11(2)17-10-12-6-5-9-16-15(12)21-14-8-4-3-7-13(14)18(19)20/h3-9,11,17H,10H2,1-2H3. The zero-order valence-corrected chi connectivity index (χ0v) is 12.8. The molecule has 0 radical (unpaired) electrons. The predicted molar refractivity (Wildman–Crippen MR) is 83.4 cm³/mol. The lowest BCUT2D eigenvalue weighted by molar-refractivity contribution is -0.387. The second kappa shape index (κ2) is 7.19. The molecule has 0 amide bonds. The molecular formula is C15H17N3O2S. The summed E-state index contributed by atoms with van der Waals surface area (Å²) < 4.78 is 0. The lowest BCUT2D eigenvalue weighted by Crippen LogP contribution is -2.22. The minimum atomic E-state index is -0.364. The Morgan fingerprint density at radius 3 is 2.76 bits per heavy atom. The van der Waals surface area contributed by atoms with E-state index in [1.807, 2.05) is 12.1 Å². The van der Waals surface area contributed by atoms with Gasteiger partial charge in [-0.2, -0.15) is 0 Å². The summed E-state index contributed by atoms with van der Waals surface area (Å²) >= 11 is 1.33. The van der Waals surface area contributed by atoms with Crippen LogP contribution in [0.1, 0.15) is 19.4 Å². The van der Waals surface area contributed by atoms with E-state index in [1.165, 1.54) is 17.8 Å². The van der Waals surface area contributed by atoms with Gasteiger partial charge in [0, 0.05) is 24.8 Å². The smallest absolute Gasteiger partial charge is 0.283 e. The normalized spacial score (nSPS) is 10.8. The van der Waals surface area contributed by atoms with Crippen LogP contribution in [0.4, 0.5) is 5.69 Å². The van der Waals surface area contributed by atoms with Crippen LogP contribution in [-0.2, 0) is 6.54 Å². The van der Waals surface area contributed by atoms with Crippen molar-refractivity contribution in [2.75, 3.05) is 0 Å². The molecule has 6 heteroatoms. The van der Waals surface area contributed by atoms with Gasteiger partial charge in [-0.1, -0.05) is 43.8 Å². The zero-order valence-electron chi connectivity index (χ0n) is 11.9. The molecule has 1 heterocycles. The van der Waals surface area contributed by atoms with E-state index in [2.05, 4.69) is 24.1 Å². The molecule has 0 unspecified atom stereocenters. The summed E-state index contributed by atoms with van der Waals surface area (Å²) in [6.07, 6.45) is 1.70. The van der Waals surface area contributed by atoms with Gasteiger partial charge in [0.25, 0.3) is 5.69 Å². The molecule has 110 valence electrons. The van der Waals surface area contributed by atoms with Crippen molar-refractivity contribution >= 4 is 17.4 Å². The highest BCUT2D eigenvalue weighted by Crippen LogP contribution is 2.34. The largest absolute Gasteiger partial charge is 0.310 e. The second-order valence-corrected chi connectivity index (χ2v) is 5.86. The number of hydrogen-bond donors (Lipinski definition) is 1. The van der Waals surface area contributed by atoms with E-state index in [9.17, 15) is 10.1 Å². The average molecular weight is 303 g/mol. The second-order valence-electron chi connectivity index (χ2n) is 4.83. The van der Waals surface area contributed by atoms with Gasteiger partial charge >= 0.3 is 0 Å². The number of para-hydroxylation sites is 1. The SMILES string of the molecule is CC(C)NCc1cccnc1Sc1ccccc1[N+](=O)[O-]. The van der Waals surface area contributed by atoms with E-state index < -0.39 is 0 Å². The van der Waals surface area contributed by atoms with Crippen molar-refractivity contribution in [3.8, 4) is 0 Å². The first-order valence-electron chi connectivity index (χ1n) is 6.66. The number of hydrogen-bond acceptors (Lipinski definition) is 5. The van der Waals surface area contributed by atoms with Crippen molar-refractivity contribution in [2.45, 2.75) is 36.4 Å². The fourth-order valence-electron chi connectivity index (χ4n) is 1.76. The van der Waals surface area contributed by atoms with E-state index in [1.54, 1.807) is 24.4 Å². The summed E-state index contributed by atoms with van der Waals surface area (Å²) in [4.78, 5) is 15.7. The molecule has 21 heavy (non-hydrogen) atoms. The number of rotatable bonds is 6. The van der Waals surface area contributed by atoms with Gasteiger partial charge in [-0.3, -0.25) is 10.1 Å². The first kappa shape index (κ1) is 15.5. The van der Waals surface area contributed by atoms with Crippen molar-refractivity contribution in [3.05, 3.63) is 58.3 Å². The Morgan fingerprint density at radius 2 is 2.05 bits per heavy atom. The van der Waals surface area contributed by atoms with Crippen LogP contribution in [0.15, 0.2) is 52.5 Å². The van der Waals surface area contributed by atoms with E-state index in [4.69, 9.17) is 0 Å². The van der Waals surface area contributed by atoms with E-state index in [-0.39, 0.29) is 10.6 Å². The minimum Gasteiger partial charge on any atom is -0.310 e. The van der Waals surface area contributed by atoms with Crippen LogP contribution in [0.2, 0.25) is 0 Å². The monoisotopic (exact) mass is 303 g/mol. The lowest BCUT2D eigenvalue weighted by Gasteiger charge is -2.11. The Kier molecular flexibility index (Phi) is 5.30. The summed E-state index contributed by atoms with van der Waals surface area (Å²) in [5.41, 5.74) is 1.14. The number of nitrogens with one attached hydrogen (secondary N) is 1. The van der Waals surface area contributed by atoms with Crippen molar-refractivity contribution in [1.29, 1.82) is 0 Å². The highest BCUT2D eigenvalue weighted by molar-refractivity contribution is 7.99. The molecule has 0 aliphatic carbocycles. The third-order valence-electron chi connectivity index (χ3n) is 2.82. The van der Waals surface area contributed by atoms with Gasteiger partial charge in [0.1, 0.15) is 5.03 Å². The average Bonchev–Trinajstić information content (AvgIpc) is 2.46. The highest BCUT2D eigenvalue weighted by Gasteiger charge is 2.15. The molecule has 0 fully saturated rings. The fourth-order valence-corrected chi connectivity index (χ4v) is 2.75. The Bertz CT molecular complexity index is 632. The number of benzene rings is 1. The maximum atomic E-state index is 11.1. The molecule has 1 N–H and O–H groups in total. The van der Waals surface area contributed by atoms with Crippen LogP contribution in [0.3, 0.4) is 0 Å². The maximum absolute atomic E-state index is 11.1. The maximum Gasteiger partial charge on any atom is 0.283 e. The minimum absolute atomic E-state index is 0.107. The van der Waals surface area contributed by atoms with Gasteiger partial charge in [-0.25, -0.2) is 4.98 Å². The van der Waals surface area contributed by atoms with E-state index in [0.29, 0.717) is 17.5 Å². The molecular weight excluding hydrogens is 286 g/mol. The Labute approximate surface area is 127 Å². The molecule has 2 rings (SSSR count). The Balaban J connectivity index is 2.26. The molecule has 0 atom stereocenters. The molecule has 0 spiro atoms. The van der Waals surface area contributed by atoms with Gasteiger partial charge < -0.3 is 5.32 Å². The van der Waals surface area contributed by atoms with E-state index in [0.717, 1.165) is 10.6 Å². The van der Waals surface area contributed by atoms with Crippen molar-refractivity contribution in [3.63, 3.8) is 0 Å². The number of nitro benzene ring substituents is 1. The Morgan fingerprint density at radius 1 is 1.29 bits per heavy atom. The summed E-state index contributed by atoms with van der Waals surface area (Å²) in [5.74, 6) is 0. The third kappa shape index (κ3) is 4.27. The molecule has 1 aromatic carbocycles. The van der Waals surface area contributed by atoms with Gasteiger partial charge in [-0.05, 0) is 17.7 Å². The number of aromatic nitrogens is 1. The predicted octanol–water partition coefficient (Wildman–Crippen LogP) is 3.64. The first-order chi connectivity index (χ1) is 10.1. The summed E-state index contributed by atoms with van der Waals surface area (Å²) in [6.45, 7) is 4.84. The first-order valence-corrected chi connectivity index (χ1v) is 7.48. The molecule has 2 aromatic rings. The van der Waals surface area contributed by atoms with Crippen LogP contribution in [0, 0.1) is 10.1 Å². The van der Waals surface area contributed by atoms with Crippen LogP contribution in [-0.4, -0.2) is 15.9 Å². The number of nitro groups is 1. The van der Waals surface area contributed by atoms with Gasteiger partial charge in [0.15, 0.2) is 0 Å². The molecule has 0 aliphatic rings. The molecule has 0 bridgehead atoms. The summed E-state index contributed by atoms with van der Waals surface area (Å²) in [6, 6.07) is 11.0. The number of nitrogens with zero attached hydrogens (tertiary/aromatic N) is 2. The lowest BCUT2D eigenvalue weighted by atomic mass is 10.2. The summed E-state index contributed by atoms with van der Waals surface area (Å²) in [7, 11) is 0. The molecule has 5 nitrogen and oxygen atoms in total. The summed E-state index contributed by atoms with van der Waals surface area (Å²) in [5, 5.41) is 15.2. The fraction of sp³-hybridized carbons (Fsp3) is 0.267. The molecule has 0 aliphatic heterocycles. The zero-order chi connectivity index (χ0) is 15.2. The van der Waals surface area contributed by atoms with E-state index >= 15 is 0 Å². The quantitative estimate of drug-likeness (QED) is 0.652. The third-order valence-corrected chi connectivity index (χ3v) is 3.95. The topological polar surface area (TPSA) is 68.1 Å². The van der Waals surface area contributed by atoms with Crippen LogP contribution < -0.4 is 5.32 Å². The molecule has 0 saturated heterocycles. The molecule has 1 aromatic heterocycles. The highest BCUT2D eigenvalue weighted by atomic mass is 32.2.